The minimum atomic E-state index is -2.07. The highest BCUT2D eigenvalue weighted by atomic mass is 16.4. The Morgan fingerprint density at radius 2 is 1.90 bits per heavy atom. The third-order valence-electron chi connectivity index (χ3n) is 4.70. The summed E-state index contributed by atoms with van der Waals surface area (Å²) in [7, 11) is 0. The molecular weight excluding hydrogens is 372 g/mol. The molecule has 1 unspecified atom stereocenters. The first-order valence-electron chi connectivity index (χ1n) is 9.29. The lowest BCUT2D eigenvalue weighted by atomic mass is 10.0. The average molecular weight is 396 g/mol. The predicted octanol–water partition coefficient (Wildman–Crippen LogP) is 2.55. The number of hydrogen-bond donors (Lipinski definition) is 3. The monoisotopic (exact) mass is 396 g/mol. The van der Waals surface area contributed by atoms with Crippen LogP contribution in [0.5, 0.6) is 0 Å². The van der Waals surface area contributed by atoms with Gasteiger partial charge in [-0.15, -0.1) is 0 Å². The van der Waals surface area contributed by atoms with E-state index in [9.17, 15) is 14.7 Å². The van der Waals surface area contributed by atoms with E-state index in [0.29, 0.717) is 22.3 Å². The molecule has 0 fully saturated rings. The molecule has 1 amide bonds. The Hall–Kier alpha value is -3.26. The molecule has 2 heterocycles. The van der Waals surface area contributed by atoms with Gasteiger partial charge in [0.1, 0.15) is 0 Å². The number of amides is 1. The summed E-state index contributed by atoms with van der Waals surface area (Å²) < 4.78 is 1.73. The molecule has 0 aliphatic heterocycles. The van der Waals surface area contributed by atoms with Gasteiger partial charge in [0.15, 0.2) is 11.2 Å². The zero-order valence-electron chi connectivity index (χ0n) is 16.8. The van der Waals surface area contributed by atoms with Crippen LogP contribution in [0.15, 0.2) is 36.5 Å². The van der Waals surface area contributed by atoms with Crippen LogP contribution in [0.25, 0.3) is 22.3 Å². The van der Waals surface area contributed by atoms with Crippen molar-refractivity contribution >= 4 is 22.9 Å². The highest BCUT2D eigenvalue weighted by molar-refractivity contribution is 6.06. The topological polar surface area (TPSA) is 117 Å². The Kier molecular flexibility index (Phi) is 5.39. The maximum absolute atomic E-state index is 12.9. The van der Waals surface area contributed by atoms with Crippen molar-refractivity contribution in [2.75, 3.05) is 6.54 Å². The molecule has 0 bridgehead atoms. The number of pyridine rings is 1. The van der Waals surface area contributed by atoms with Gasteiger partial charge in [0.2, 0.25) is 0 Å². The highest BCUT2D eigenvalue weighted by Crippen LogP contribution is 2.26. The molecule has 8 heteroatoms. The maximum atomic E-state index is 12.9. The Morgan fingerprint density at radius 1 is 1.24 bits per heavy atom. The average Bonchev–Trinajstić information content (AvgIpc) is 3.10. The van der Waals surface area contributed by atoms with E-state index in [0.717, 1.165) is 18.1 Å². The number of carbonyl (C=O) groups excluding carboxylic acids is 1. The number of nitrogens with one attached hydrogen (secondary N) is 1. The summed E-state index contributed by atoms with van der Waals surface area (Å²) in [5.74, 6) is -1.92. The molecule has 3 aromatic rings. The van der Waals surface area contributed by atoms with Crippen LogP contribution in [0, 0.1) is 6.92 Å². The number of aryl methyl sites for hydroxylation is 1. The zero-order chi connectivity index (χ0) is 21.3. The number of carboxylic acid groups (broad SMARTS) is 1. The van der Waals surface area contributed by atoms with Gasteiger partial charge in [-0.2, -0.15) is 5.10 Å². The summed E-state index contributed by atoms with van der Waals surface area (Å²) in [6, 6.07) is 9.48. The van der Waals surface area contributed by atoms with Gasteiger partial charge in [0, 0.05) is 11.6 Å². The lowest BCUT2D eigenvalue weighted by molar-refractivity contribution is -0.155. The van der Waals surface area contributed by atoms with Crippen LogP contribution < -0.4 is 5.32 Å². The molecule has 0 aliphatic rings. The minimum absolute atomic E-state index is 0.0388. The molecule has 8 nitrogen and oxygen atoms in total. The Morgan fingerprint density at radius 3 is 2.48 bits per heavy atom. The van der Waals surface area contributed by atoms with Crippen molar-refractivity contribution in [2.24, 2.45) is 0 Å². The molecule has 1 aromatic carbocycles. The number of aliphatic hydroxyl groups is 1. The standard InChI is InChI=1S/C21H24N4O4/c1-12(2)25-18-16(10-23-25)15(19(26)22-11-21(4,29)20(27)28)9-17(24-18)14-7-5-13(3)6-8-14/h5-10,12,29H,11H2,1-4H3,(H,22,26)(H,27,28). The van der Waals surface area contributed by atoms with E-state index in [4.69, 9.17) is 10.1 Å². The Balaban J connectivity index is 2.08. The van der Waals surface area contributed by atoms with Crippen LogP contribution in [0.1, 0.15) is 42.7 Å². The number of carboxylic acids is 1. The summed E-state index contributed by atoms with van der Waals surface area (Å²) in [6.07, 6.45) is 1.57. The first kappa shape index (κ1) is 20.5. The molecule has 0 spiro atoms. The van der Waals surface area contributed by atoms with E-state index in [1.54, 1.807) is 16.9 Å². The summed E-state index contributed by atoms with van der Waals surface area (Å²) >= 11 is 0. The first-order chi connectivity index (χ1) is 13.6. The van der Waals surface area contributed by atoms with E-state index >= 15 is 0 Å². The molecular formula is C21H24N4O4. The van der Waals surface area contributed by atoms with Crippen molar-refractivity contribution in [3.63, 3.8) is 0 Å². The molecule has 29 heavy (non-hydrogen) atoms. The van der Waals surface area contributed by atoms with Crippen molar-refractivity contribution in [1.82, 2.24) is 20.1 Å². The number of rotatable bonds is 6. The molecule has 3 N–H and O–H groups in total. The number of fused-ring (bicyclic) bond motifs is 1. The van der Waals surface area contributed by atoms with Gasteiger partial charge >= 0.3 is 5.97 Å². The van der Waals surface area contributed by atoms with Gasteiger partial charge < -0.3 is 15.5 Å². The van der Waals surface area contributed by atoms with E-state index in [2.05, 4.69) is 10.4 Å². The number of benzene rings is 1. The van der Waals surface area contributed by atoms with Crippen LogP contribution in [0.2, 0.25) is 0 Å². The highest BCUT2D eigenvalue weighted by Gasteiger charge is 2.31. The summed E-state index contributed by atoms with van der Waals surface area (Å²) in [5.41, 5.74) is 1.38. The Bertz CT molecular complexity index is 1070. The van der Waals surface area contributed by atoms with E-state index in [1.807, 2.05) is 45.0 Å². The molecule has 0 saturated heterocycles. The van der Waals surface area contributed by atoms with Crippen molar-refractivity contribution in [2.45, 2.75) is 39.3 Å². The lowest BCUT2D eigenvalue weighted by Gasteiger charge is -2.18. The van der Waals surface area contributed by atoms with Crippen LogP contribution in [0.4, 0.5) is 0 Å². The number of aliphatic carboxylic acids is 1. The van der Waals surface area contributed by atoms with Crippen LogP contribution in [-0.2, 0) is 4.79 Å². The van der Waals surface area contributed by atoms with E-state index in [-0.39, 0.29) is 6.04 Å². The fourth-order valence-corrected chi connectivity index (χ4v) is 2.88. The maximum Gasteiger partial charge on any atom is 0.337 e. The van der Waals surface area contributed by atoms with Crippen molar-refractivity contribution < 1.29 is 19.8 Å². The predicted molar refractivity (Wildman–Crippen MR) is 109 cm³/mol. The van der Waals surface area contributed by atoms with Crippen LogP contribution in [-0.4, -0.2) is 49.0 Å². The molecule has 1 atom stereocenters. The van der Waals surface area contributed by atoms with Gasteiger partial charge in [-0.25, -0.2) is 14.5 Å². The summed E-state index contributed by atoms with van der Waals surface area (Å²) in [4.78, 5) is 28.7. The third kappa shape index (κ3) is 4.12. The molecule has 3 rings (SSSR count). The lowest BCUT2D eigenvalue weighted by Crippen LogP contribution is -2.46. The molecule has 152 valence electrons. The second-order valence-electron chi connectivity index (χ2n) is 7.60. The van der Waals surface area contributed by atoms with E-state index < -0.39 is 24.0 Å². The normalized spacial score (nSPS) is 13.4. The third-order valence-corrected chi connectivity index (χ3v) is 4.70. The minimum Gasteiger partial charge on any atom is -0.479 e. The second-order valence-corrected chi connectivity index (χ2v) is 7.60. The first-order valence-corrected chi connectivity index (χ1v) is 9.29. The second kappa shape index (κ2) is 7.63. The Labute approximate surface area is 168 Å². The fraction of sp³-hybridized carbons (Fsp3) is 0.333. The van der Waals surface area contributed by atoms with Gasteiger partial charge in [-0.05, 0) is 33.8 Å². The van der Waals surface area contributed by atoms with Gasteiger partial charge in [0.25, 0.3) is 5.91 Å². The SMILES string of the molecule is Cc1ccc(-c2cc(C(=O)NCC(C)(O)C(=O)O)c3cnn(C(C)C)c3n2)cc1. The van der Waals surface area contributed by atoms with Gasteiger partial charge in [-0.3, -0.25) is 4.79 Å². The number of hydrogen-bond acceptors (Lipinski definition) is 5. The zero-order valence-corrected chi connectivity index (χ0v) is 16.8. The number of aromatic nitrogens is 3. The molecule has 0 saturated carbocycles. The van der Waals surface area contributed by atoms with Crippen molar-refractivity contribution in [3.8, 4) is 11.3 Å². The van der Waals surface area contributed by atoms with Crippen molar-refractivity contribution in [3.05, 3.63) is 47.7 Å². The molecule has 0 aliphatic carbocycles. The van der Waals surface area contributed by atoms with Gasteiger partial charge in [-0.1, -0.05) is 29.8 Å². The molecule has 0 radical (unpaired) electrons. The van der Waals surface area contributed by atoms with Crippen molar-refractivity contribution in [1.29, 1.82) is 0 Å². The smallest absolute Gasteiger partial charge is 0.337 e. The largest absolute Gasteiger partial charge is 0.479 e. The van der Waals surface area contributed by atoms with Crippen LogP contribution >= 0.6 is 0 Å². The quantitative estimate of drug-likeness (QED) is 0.589. The fourth-order valence-electron chi connectivity index (χ4n) is 2.88. The molecule has 2 aromatic heterocycles. The van der Waals surface area contributed by atoms with Crippen LogP contribution in [0.3, 0.4) is 0 Å². The van der Waals surface area contributed by atoms with Gasteiger partial charge in [0.05, 0.1) is 29.4 Å². The number of carbonyl (C=O) groups is 2. The number of nitrogens with zero attached hydrogens (tertiary/aromatic N) is 3. The summed E-state index contributed by atoms with van der Waals surface area (Å²) in [5, 5.41) is 26.4. The van der Waals surface area contributed by atoms with E-state index in [1.165, 1.54) is 0 Å². The summed E-state index contributed by atoms with van der Waals surface area (Å²) in [6.45, 7) is 6.63.